The molecule has 0 radical (unpaired) electrons. The average molecular weight is 361 g/mol. The number of anilines is 2. The van der Waals surface area contributed by atoms with E-state index in [4.69, 9.17) is 26.8 Å². The van der Waals surface area contributed by atoms with Gasteiger partial charge in [-0.15, -0.1) is 0 Å². The molecule has 0 aliphatic rings. The van der Waals surface area contributed by atoms with E-state index in [0.717, 1.165) is 5.69 Å². The summed E-state index contributed by atoms with van der Waals surface area (Å²) < 4.78 is 12.0. The summed E-state index contributed by atoms with van der Waals surface area (Å²) >= 11 is 6.07. The average Bonchev–Trinajstić information content (AvgIpc) is 2.97. The highest BCUT2D eigenvalue weighted by Gasteiger charge is 2.09. The van der Waals surface area contributed by atoms with E-state index in [2.05, 4.69) is 20.4 Å². The maximum atomic E-state index is 10.7. The minimum Gasteiger partial charge on any atom is -0.437 e. The van der Waals surface area contributed by atoms with Gasteiger partial charge in [0.25, 0.3) is 0 Å². The quantitative estimate of drug-likeness (QED) is 0.718. The van der Waals surface area contributed by atoms with Crippen LogP contribution in [0.15, 0.2) is 42.9 Å². The van der Waals surface area contributed by atoms with E-state index in [1.807, 2.05) is 0 Å². The van der Waals surface area contributed by atoms with Crippen molar-refractivity contribution in [2.24, 2.45) is 12.8 Å². The predicted octanol–water partition coefficient (Wildman–Crippen LogP) is 2.86. The number of halogens is 1. The summed E-state index contributed by atoms with van der Waals surface area (Å²) in [5.41, 5.74) is 5.67. The van der Waals surface area contributed by atoms with Crippen LogP contribution >= 0.6 is 11.6 Å². The molecule has 2 aromatic heterocycles. The Labute approximate surface area is 147 Å². The molecule has 10 heteroatoms. The van der Waals surface area contributed by atoms with E-state index in [1.165, 1.54) is 18.3 Å². The number of benzene rings is 1. The lowest BCUT2D eigenvalue weighted by Gasteiger charge is -2.09. The van der Waals surface area contributed by atoms with Crippen molar-refractivity contribution in [3.8, 4) is 17.4 Å². The molecule has 9 nitrogen and oxygen atoms in total. The molecule has 0 spiro atoms. The number of hydrogen-bond acceptors (Lipinski definition) is 7. The number of amides is 1. The fourth-order valence-electron chi connectivity index (χ4n) is 1.90. The second-order valence-corrected chi connectivity index (χ2v) is 5.28. The van der Waals surface area contributed by atoms with Gasteiger partial charge >= 0.3 is 6.09 Å². The molecular formula is C15H13ClN6O3. The van der Waals surface area contributed by atoms with E-state index in [-0.39, 0.29) is 10.9 Å². The highest BCUT2D eigenvalue weighted by Crippen LogP contribution is 2.29. The predicted molar refractivity (Wildman–Crippen MR) is 90.3 cm³/mol. The Morgan fingerprint density at radius 2 is 1.96 bits per heavy atom. The summed E-state index contributed by atoms with van der Waals surface area (Å²) in [5, 5.41) is 7.28. The second kappa shape index (κ2) is 7.05. The molecule has 0 saturated carbocycles. The zero-order valence-corrected chi connectivity index (χ0v) is 13.8. The first-order chi connectivity index (χ1) is 12.0. The maximum Gasteiger partial charge on any atom is 0.409 e. The van der Waals surface area contributed by atoms with Crippen molar-refractivity contribution in [2.75, 3.05) is 5.32 Å². The number of aryl methyl sites for hydroxylation is 1. The van der Waals surface area contributed by atoms with Crippen LogP contribution in [0.3, 0.4) is 0 Å². The Morgan fingerprint density at radius 1 is 1.24 bits per heavy atom. The number of primary amides is 1. The lowest BCUT2D eigenvalue weighted by molar-refractivity contribution is 0.211. The number of aromatic nitrogens is 4. The molecule has 2 heterocycles. The first-order valence-electron chi connectivity index (χ1n) is 7.03. The number of carbonyl (C=O) groups is 1. The summed E-state index contributed by atoms with van der Waals surface area (Å²) in [5.74, 6) is 1.23. The maximum absolute atomic E-state index is 10.7. The Morgan fingerprint density at radius 3 is 2.60 bits per heavy atom. The largest absolute Gasteiger partial charge is 0.437 e. The van der Waals surface area contributed by atoms with Crippen molar-refractivity contribution in [1.29, 1.82) is 0 Å². The summed E-state index contributed by atoms with van der Waals surface area (Å²) in [6.45, 7) is 0. The number of nitrogens with one attached hydrogen (secondary N) is 1. The van der Waals surface area contributed by atoms with Gasteiger partial charge < -0.3 is 20.5 Å². The van der Waals surface area contributed by atoms with Crippen molar-refractivity contribution in [3.63, 3.8) is 0 Å². The second-order valence-electron chi connectivity index (χ2n) is 4.87. The van der Waals surface area contributed by atoms with Gasteiger partial charge in [-0.2, -0.15) is 10.1 Å². The molecule has 0 bridgehead atoms. The highest BCUT2D eigenvalue weighted by atomic mass is 35.5. The van der Waals surface area contributed by atoms with Crippen LogP contribution in [-0.4, -0.2) is 25.8 Å². The van der Waals surface area contributed by atoms with Crippen LogP contribution in [0.5, 0.6) is 17.4 Å². The van der Waals surface area contributed by atoms with Gasteiger partial charge in [-0.05, 0) is 24.3 Å². The molecule has 0 saturated heterocycles. The van der Waals surface area contributed by atoms with E-state index >= 15 is 0 Å². The number of hydrogen-bond donors (Lipinski definition) is 2. The van der Waals surface area contributed by atoms with Crippen LogP contribution in [0.2, 0.25) is 5.02 Å². The third-order valence-corrected chi connectivity index (χ3v) is 3.19. The van der Waals surface area contributed by atoms with Crippen molar-refractivity contribution in [2.45, 2.75) is 0 Å². The first kappa shape index (κ1) is 16.5. The minimum atomic E-state index is -0.890. The molecule has 25 heavy (non-hydrogen) atoms. The minimum absolute atomic E-state index is 0.173. The molecular weight excluding hydrogens is 348 g/mol. The van der Waals surface area contributed by atoms with E-state index in [9.17, 15) is 4.79 Å². The van der Waals surface area contributed by atoms with Crippen LogP contribution in [-0.2, 0) is 7.05 Å². The van der Waals surface area contributed by atoms with Gasteiger partial charge in [-0.3, -0.25) is 4.68 Å². The summed E-state index contributed by atoms with van der Waals surface area (Å²) in [6.07, 6.45) is 3.94. The van der Waals surface area contributed by atoms with Crippen LogP contribution in [0.1, 0.15) is 0 Å². The Bertz CT molecular complexity index is 897. The monoisotopic (exact) mass is 360 g/mol. The number of rotatable bonds is 5. The highest BCUT2D eigenvalue weighted by molar-refractivity contribution is 6.31. The van der Waals surface area contributed by atoms with Crippen LogP contribution in [0, 0.1) is 0 Å². The standard InChI is InChI=1S/C15H13ClN6O3/c1-22-8-9(6-19-22)20-15-18-7-12(16)13(21-15)24-10-2-4-11(5-3-10)25-14(17)23/h2-8H,1H3,(H2,17,23)(H,18,20,21). The van der Waals surface area contributed by atoms with Gasteiger partial charge in [0.2, 0.25) is 11.8 Å². The Kier molecular flexibility index (Phi) is 4.66. The summed E-state index contributed by atoms with van der Waals surface area (Å²) in [6, 6.07) is 6.24. The number of nitrogens with zero attached hydrogens (tertiary/aromatic N) is 4. The molecule has 3 rings (SSSR count). The van der Waals surface area contributed by atoms with E-state index in [1.54, 1.807) is 36.3 Å². The fraction of sp³-hybridized carbons (Fsp3) is 0.0667. The van der Waals surface area contributed by atoms with Crippen LogP contribution in [0.4, 0.5) is 16.4 Å². The van der Waals surface area contributed by atoms with Crippen LogP contribution < -0.4 is 20.5 Å². The Hall–Kier alpha value is -3.33. The van der Waals surface area contributed by atoms with Crippen LogP contribution in [0.25, 0.3) is 0 Å². The normalized spacial score (nSPS) is 10.3. The van der Waals surface area contributed by atoms with Crippen molar-refractivity contribution < 1.29 is 14.3 Å². The summed E-state index contributed by atoms with van der Waals surface area (Å²) in [4.78, 5) is 19.0. The Balaban J connectivity index is 1.75. The molecule has 1 amide bonds. The van der Waals surface area contributed by atoms with Gasteiger partial charge in [-0.25, -0.2) is 9.78 Å². The summed E-state index contributed by atoms with van der Waals surface area (Å²) in [7, 11) is 1.80. The molecule has 0 atom stereocenters. The topological polar surface area (TPSA) is 117 Å². The van der Waals surface area contributed by atoms with E-state index in [0.29, 0.717) is 17.4 Å². The molecule has 128 valence electrons. The molecule has 0 aliphatic heterocycles. The molecule has 1 aromatic carbocycles. The molecule has 3 aromatic rings. The van der Waals surface area contributed by atoms with Gasteiger partial charge in [0.15, 0.2) is 0 Å². The lowest BCUT2D eigenvalue weighted by Crippen LogP contribution is -2.16. The van der Waals surface area contributed by atoms with Gasteiger partial charge in [0.1, 0.15) is 16.5 Å². The third kappa shape index (κ3) is 4.36. The SMILES string of the molecule is Cn1cc(Nc2ncc(Cl)c(Oc3ccc(OC(N)=O)cc3)n2)cn1. The number of ether oxygens (including phenoxy) is 2. The van der Waals surface area contributed by atoms with Gasteiger partial charge in [0, 0.05) is 13.2 Å². The lowest BCUT2D eigenvalue weighted by atomic mass is 10.3. The smallest absolute Gasteiger partial charge is 0.409 e. The molecule has 0 fully saturated rings. The third-order valence-electron chi connectivity index (χ3n) is 2.93. The fourth-order valence-corrected chi connectivity index (χ4v) is 2.03. The van der Waals surface area contributed by atoms with E-state index < -0.39 is 6.09 Å². The van der Waals surface area contributed by atoms with Gasteiger partial charge in [0.05, 0.1) is 18.1 Å². The molecule has 3 N–H and O–H groups in total. The zero-order chi connectivity index (χ0) is 17.8. The molecule has 0 aliphatic carbocycles. The first-order valence-corrected chi connectivity index (χ1v) is 7.41. The number of nitrogens with two attached hydrogens (primary N) is 1. The molecule has 0 unspecified atom stereocenters. The zero-order valence-electron chi connectivity index (χ0n) is 13.0. The van der Waals surface area contributed by atoms with Crippen molar-refractivity contribution in [3.05, 3.63) is 47.9 Å². The van der Waals surface area contributed by atoms with Gasteiger partial charge in [-0.1, -0.05) is 11.6 Å². The number of carbonyl (C=O) groups excluding carboxylic acids is 1. The van der Waals surface area contributed by atoms with Crippen molar-refractivity contribution >= 4 is 29.3 Å². The van der Waals surface area contributed by atoms with Crippen molar-refractivity contribution in [1.82, 2.24) is 19.7 Å².